The largest absolute Gasteiger partial charge is 0.417 e. The number of nitrogens with zero attached hydrogens (tertiary/aromatic N) is 8. The van der Waals surface area contributed by atoms with Crippen molar-refractivity contribution in [2.45, 2.75) is 12.6 Å². The quantitative estimate of drug-likeness (QED) is 0.197. The van der Waals surface area contributed by atoms with Gasteiger partial charge in [0.15, 0.2) is 17.3 Å². The number of carbonyl (C=O) groups is 2. The van der Waals surface area contributed by atoms with Gasteiger partial charge in [0.2, 0.25) is 5.78 Å². The lowest BCUT2D eigenvalue weighted by Crippen LogP contribution is -2.24. The monoisotopic (exact) mass is 645 g/mol. The smallest absolute Gasteiger partial charge is 0.372 e. The van der Waals surface area contributed by atoms with E-state index in [0.717, 1.165) is 24.4 Å². The molecule has 0 aliphatic carbocycles. The highest BCUT2D eigenvalue weighted by Crippen LogP contribution is 2.48. The van der Waals surface area contributed by atoms with Crippen LogP contribution in [-0.4, -0.2) is 54.4 Å². The molecule has 0 bridgehead atoms. The van der Waals surface area contributed by atoms with Gasteiger partial charge in [0.25, 0.3) is 0 Å². The van der Waals surface area contributed by atoms with E-state index in [9.17, 15) is 22.8 Å². The lowest BCUT2D eigenvalue weighted by Gasteiger charge is -2.28. The third-order valence-electron chi connectivity index (χ3n) is 8.09. The molecule has 0 saturated carbocycles. The number of alkyl halides is 3. The Balaban J connectivity index is 1.35. The number of pyridine rings is 1. The molecule has 4 aromatic heterocycles. The second-order valence-corrected chi connectivity index (χ2v) is 10.9. The molecule has 0 fully saturated rings. The zero-order valence-corrected chi connectivity index (χ0v) is 24.4. The van der Waals surface area contributed by atoms with Crippen molar-refractivity contribution in [2.75, 3.05) is 23.8 Å². The second kappa shape index (κ2) is 10.5. The standard InChI is InChI=1S/C31H20F5N9O2/c1-42-7-5-15-10-23(29(46)16-8-20(32)25(21(33)9-16)40-30(47)45-39-13-17(12-37)41-45)44-6-3-4-18(27(15)44)24-19(31(34,35)36)11-22-26(28(24)42)38-14-43(22)2/h3-4,6,8-11,13-14H,5,7H2,1-2H3,(H,40,47). The molecule has 1 amide bonds. The third kappa shape index (κ3) is 4.66. The van der Waals surface area contributed by atoms with Gasteiger partial charge < -0.3 is 13.9 Å². The molecule has 0 spiro atoms. The van der Waals surface area contributed by atoms with Crippen LogP contribution in [0.15, 0.2) is 55.1 Å². The SMILES string of the molecule is CN1CCc2cc(C(=O)c3cc(F)c(NC(=O)n4ncc(C#N)n4)c(F)c3)n3cccc(c23)-c2c(C(F)(F)F)cc3c(ncn3C)c21. The number of likely N-dealkylation sites (N-methyl/N-ethyl adjacent to an activating group) is 1. The first-order valence-electron chi connectivity index (χ1n) is 13.9. The topological polar surface area (TPSA) is 126 Å². The first-order chi connectivity index (χ1) is 22.4. The Kier molecular flexibility index (Phi) is 6.60. The van der Waals surface area contributed by atoms with Gasteiger partial charge in [0.05, 0.1) is 40.5 Å². The molecule has 6 aromatic rings. The summed E-state index contributed by atoms with van der Waals surface area (Å²) in [5.74, 6) is -3.37. The summed E-state index contributed by atoms with van der Waals surface area (Å²) in [6.45, 7) is 0.278. The van der Waals surface area contributed by atoms with E-state index < -0.39 is 46.4 Å². The number of benzene rings is 2. The van der Waals surface area contributed by atoms with Crippen molar-refractivity contribution in [1.82, 2.24) is 28.9 Å². The molecule has 11 nitrogen and oxygen atoms in total. The van der Waals surface area contributed by atoms with Crippen LogP contribution in [0.4, 0.5) is 38.1 Å². The number of anilines is 2. The molecule has 5 heterocycles. The Labute approximate surface area is 261 Å². The minimum Gasteiger partial charge on any atom is -0.372 e. The maximum Gasteiger partial charge on any atom is 0.417 e. The van der Waals surface area contributed by atoms with Crippen molar-refractivity contribution < 1.29 is 31.5 Å². The van der Waals surface area contributed by atoms with E-state index in [1.165, 1.54) is 33.6 Å². The summed E-state index contributed by atoms with van der Waals surface area (Å²) in [7, 11) is 3.29. The van der Waals surface area contributed by atoms with Gasteiger partial charge in [-0.15, -0.1) is 5.10 Å². The number of nitrogens with one attached hydrogen (secondary N) is 1. The highest BCUT2D eigenvalue weighted by Gasteiger charge is 2.39. The Bertz CT molecular complexity index is 2320. The molecular formula is C31H20F5N9O2. The van der Waals surface area contributed by atoms with E-state index in [-0.39, 0.29) is 29.1 Å². The summed E-state index contributed by atoms with van der Waals surface area (Å²) in [4.78, 5) is 32.7. The van der Waals surface area contributed by atoms with Crippen molar-refractivity contribution in [3.05, 3.63) is 94.8 Å². The molecule has 0 atom stereocenters. The lowest BCUT2D eigenvalue weighted by atomic mass is 9.92. The molecule has 0 unspecified atom stereocenters. The number of ketones is 1. The zero-order chi connectivity index (χ0) is 33.4. The van der Waals surface area contributed by atoms with Crippen LogP contribution in [0.25, 0.3) is 27.7 Å². The molecule has 2 aromatic carbocycles. The summed E-state index contributed by atoms with van der Waals surface area (Å²) >= 11 is 0. The number of nitriles is 1. The predicted octanol–water partition coefficient (Wildman–Crippen LogP) is 5.56. The van der Waals surface area contributed by atoms with Crippen molar-refractivity contribution in [3.8, 4) is 17.2 Å². The lowest BCUT2D eigenvalue weighted by molar-refractivity contribution is -0.137. The second-order valence-electron chi connectivity index (χ2n) is 10.9. The first-order valence-corrected chi connectivity index (χ1v) is 13.9. The predicted molar refractivity (Wildman–Crippen MR) is 158 cm³/mol. The van der Waals surface area contributed by atoms with Crippen LogP contribution in [0.2, 0.25) is 0 Å². The summed E-state index contributed by atoms with van der Waals surface area (Å²) in [5, 5.41) is 17.9. The van der Waals surface area contributed by atoms with Crippen molar-refractivity contribution in [2.24, 2.45) is 7.05 Å². The third-order valence-corrected chi connectivity index (χ3v) is 8.09. The minimum absolute atomic E-state index is 0.0317. The van der Waals surface area contributed by atoms with Crippen LogP contribution in [0.1, 0.15) is 32.9 Å². The average Bonchev–Trinajstić information content (AvgIpc) is 3.76. The molecule has 236 valence electrons. The van der Waals surface area contributed by atoms with Crippen LogP contribution >= 0.6 is 0 Å². The number of fused-ring (bicyclic) bond motifs is 4. The van der Waals surface area contributed by atoms with Crippen LogP contribution in [0, 0.1) is 23.0 Å². The Hall–Kier alpha value is -6.11. The van der Waals surface area contributed by atoms with E-state index in [1.54, 1.807) is 31.1 Å². The Morgan fingerprint density at radius 1 is 1.09 bits per heavy atom. The minimum atomic E-state index is -4.74. The molecule has 0 radical (unpaired) electrons. The van der Waals surface area contributed by atoms with Gasteiger partial charge in [-0.3, -0.25) is 10.1 Å². The van der Waals surface area contributed by atoms with Gasteiger partial charge in [-0.2, -0.15) is 23.5 Å². The summed E-state index contributed by atoms with van der Waals surface area (Å²) in [6.07, 6.45) is -0.474. The molecular weight excluding hydrogens is 625 g/mol. The number of carbonyl (C=O) groups excluding carboxylic acids is 2. The number of rotatable bonds is 3. The first kappa shape index (κ1) is 29.6. The number of amides is 1. The molecule has 0 saturated heterocycles. The fraction of sp³-hybridized carbons (Fsp3) is 0.161. The highest BCUT2D eigenvalue weighted by atomic mass is 19.4. The molecule has 1 N–H and O–H groups in total. The molecule has 47 heavy (non-hydrogen) atoms. The van der Waals surface area contributed by atoms with E-state index in [1.807, 2.05) is 5.32 Å². The van der Waals surface area contributed by atoms with Crippen LogP contribution in [-0.2, 0) is 19.6 Å². The number of hydrogen-bond donors (Lipinski definition) is 1. The summed E-state index contributed by atoms with van der Waals surface area (Å²) < 4.78 is 77.3. The van der Waals surface area contributed by atoms with Gasteiger partial charge in [-0.05, 0) is 42.3 Å². The zero-order valence-electron chi connectivity index (χ0n) is 24.4. The van der Waals surface area contributed by atoms with Crippen LogP contribution < -0.4 is 10.2 Å². The fourth-order valence-corrected chi connectivity index (χ4v) is 5.96. The Morgan fingerprint density at radius 3 is 2.51 bits per heavy atom. The molecule has 1 aliphatic rings. The average molecular weight is 646 g/mol. The number of imidazole rings is 1. The summed E-state index contributed by atoms with van der Waals surface area (Å²) in [5.41, 5.74) is -0.385. The van der Waals surface area contributed by atoms with Crippen molar-refractivity contribution in [1.29, 1.82) is 5.26 Å². The van der Waals surface area contributed by atoms with Gasteiger partial charge >= 0.3 is 12.2 Å². The maximum absolute atomic E-state index is 15.2. The van der Waals surface area contributed by atoms with Gasteiger partial charge in [0, 0.05) is 43.5 Å². The van der Waals surface area contributed by atoms with Gasteiger partial charge in [-0.1, -0.05) is 10.9 Å². The highest BCUT2D eigenvalue weighted by molar-refractivity contribution is 6.11. The molecule has 1 aliphatic heterocycles. The molecule has 16 heteroatoms. The van der Waals surface area contributed by atoms with Crippen LogP contribution in [0.5, 0.6) is 0 Å². The van der Waals surface area contributed by atoms with Crippen molar-refractivity contribution >= 4 is 39.7 Å². The number of aromatic nitrogens is 6. The van der Waals surface area contributed by atoms with Crippen LogP contribution in [0.3, 0.4) is 0 Å². The summed E-state index contributed by atoms with van der Waals surface area (Å²) in [6, 6.07) is 7.59. The van der Waals surface area contributed by atoms with E-state index in [4.69, 9.17) is 5.26 Å². The van der Waals surface area contributed by atoms with Crippen molar-refractivity contribution in [3.63, 3.8) is 0 Å². The van der Waals surface area contributed by atoms with E-state index in [0.29, 0.717) is 39.0 Å². The van der Waals surface area contributed by atoms with Gasteiger partial charge in [-0.25, -0.2) is 18.6 Å². The molecule has 7 rings (SSSR count). The number of aryl methyl sites for hydroxylation is 1. The van der Waals surface area contributed by atoms with Gasteiger partial charge in [0.1, 0.15) is 17.3 Å². The fourth-order valence-electron chi connectivity index (χ4n) is 5.96. The number of halogens is 5. The normalized spacial score (nSPS) is 12.9. The number of hydrogen-bond acceptors (Lipinski definition) is 7. The Morgan fingerprint density at radius 2 is 1.83 bits per heavy atom. The van der Waals surface area contributed by atoms with E-state index in [2.05, 4.69) is 15.2 Å². The maximum atomic E-state index is 15.2. The van der Waals surface area contributed by atoms with E-state index >= 15 is 8.78 Å².